The topological polar surface area (TPSA) is 30.5 Å². The van der Waals surface area contributed by atoms with Crippen LogP contribution in [0.2, 0.25) is 0 Å². The zero-order valence-corrected chi connectivity index (χ0v) is 12.0. The van der Waals surface area contributed by atoms with E-state index in [2.05, 4.69) is 44.3 Å². The Hall–Kier alpha value is -1.48. The van der Waals surface area contributed by atoms with E-state index in [4.69, 9.17) is 9.47 Å². The van der Waals surface area contributed by atoms with Crippen LogP contribution in [0.25, 0.3) is 6.08 Å². The van der Waals surface area contributed by atoms with Gasteiger partial charge in [-0.25, -0.2) is 0 Å². The third kappa shape index (κ3) is 4.60. The summed E-state index contributed by atoms with van der Waals surface area (Å²) in [6, 6.07) is 6.08. The first-order valence-electron chi connectivity index (χ1n) is 6.86. The zero-order valence-electron chi connectivity index (χ0n) is 12.0. The van der Waals surface area contributed by atoms with E-state index in [9.17, 15) is 0 Å². The van der Waals surface area contributed by atoms with Gasteiger partial charge in [0.2, 0.25) is 0 Å². The van der Waals surface area contributed by atoms with Gasteiger partial charge in [0.1, 0.15) is 0 Å². The fourth-order valence-electron chi connectivity index (χ4n) is 1.84. The van der Waals surface area contributed by atoms with Crippen molar-refractivity contribution in [1.82, 2.24) is 5.32 Å². The first-order valence-corrected chi connectivity index (χ1v) is 6.86. The van der Waals surface area contributed by atoms with Gasteiger partial charge in [0.25, 0.3) is 0 Å². The molecule has 1 heterocycles. The maximum absolute atomic E-state index is 5.68. The molecule has 0 amide bonds. The van der Waals surface area contributed by atoms with E-state index in [1.165, 1.54) is 0 Å². The Morgan fingerprint density at radius 2 is 1.89 bits per heavy atom. The second-order valence-corrected chi connectivity index (χ2v) is 5.79. The normalized spacial score (nSPS) is 15.5. The van der Waals surface area contributed by atoms with Crippen LogP contribution in [0.5, 0.6) is 11.5 Å². The molecule has 1 aliphatic heterocycles. The minimum Gasteiger partial charge on any atom is -0.490 e. The third-order valence-electron chi connectivity index (χ3n) is 2.83. The number of hydrogen-bond acceptors (Lipinski definition) is 3. The molecule has 0 radical (unpaired) electrons. The SMILES string of the molecule is CC(C)(C)NCC=Cc1ccc2c(c1)OCCCO2. The number of benzene rings is 1. The Labute approximate surface area is 115 Å². The van der Waals surface area contributed by atoms with Gasteiger partial charge in [-0.1, -0.05) is 18.2 Å². The molecule has 0 saturated carbocycles. The molecule has 0 aliphatic carbocycles. The van der Waals surface area contributed by atoms with Crippen LogP contribution in [0.4, 0.5) is 0 Å². The van der Waals surface area contributed by atoms with Gasteiger partial charge in [-0.15, -0.1) is 0 Å². The highest BCUT2D eigenvalue weighted by molar-refractivity contribution is 5.56. The molecule has 0 fully saturated rings. The summed E-state index contributed by atoms with van der Waals surface area (Å²) < 4.78 is 11.3. The van der Waals surface area contributed by atoms with Crippen molar-refractivity contribution >= 4 is 6.08 Å². The molecular formula is C16H23NO2. The average Bonchev–Trinajstić information content (AvgIpc) is 2.58. The molecule has 1 N–H and O–H groups in total. The van der Waals surface area contributed by atoms with Crippen LogP contribution < -0.4 is 14.8 Å². The average molecular weight is 261 g/mol. The largest absolute Gasteiger partial charge is 0.490 e. The number of fused-ring (bicyclic) bond motifs is 1. The molecule has 0 atom stereocenters. The number of hydrogen-bond donors (Lipinski definition) is 1. The lowest BCUT2D eigenvalue weighted by Gasteiger charge is -2.18. The van der Waals surface area contributed by atoms with Crippen molar-refractivity contribution in [3.8, 4) is 11.5 Å². The second kappa shape index (κ2) is 6.11. The highest BCUT2D eigenvalue weighted by Crippen LogP contribution is 2.30. The summed E-state index contributed by atoms with van der Waals surface area (Å²) in [5.74, 6) is 1.70. The quantitative estimate of drug-likeness (QED) is 0.906. The van der Waals surface area contributed by atoms with E-state index in [0.717, 1.165) is 43.2 Å². The van der Waals surface area contributed by atoms with Crippen molar-refractivity contribution in [2.24, 2.45) is 0 Å². The van der Waals surface area contributed by atoms with Gasteiger partial charge in [0.05, 0.1) is 13.2 Å². The van der Waals surface area contributed by atoms with Gasteiger partial charge < -0.3 is 14.8 Å². The molecule has 19 heavy (non-hydrogen) atoms. The predicted molar refractivity (Wildman–Crippen MR) is 78.8 cm³/mol. The van der Waals surface area contributed by atoms with Crippen molar-refractivity contribution in [2.45, 2.75) is 32.7 Å². The molecule has 104 valence electrons. The van der Waals surface area contributed by atoms with Gasteiger partial charge in [-0.3, -0.25) is 0 Å². The molecule has 0 bridgehead atoms. The Morgan fingerprint density at radius 1 is 1.16 bits per heavy atom. The minimum absolute atomic E-state index is 0.148. The molecule has 2 rings (SSSR count). The lowest BCUT2D eigenvalue weighted by molar-refractivity contribution is 0.297. The van der Waals surface area contributed by atoms with Crippen molar-refractivity contribution in [3.63, 3.8) is 0 Å². The summed E-state index contributed by atoms with van der Waals surface area (Å²) in [7, 11) is 0. The van der Waals surface area contributed by atoms with Crippen LogP contribution in [0.3, 0.4) is 0 Å². The molecule has 0 saturated heterocycles. The fourth-order valence-corrected chi connectivity index (χ4v) is 1.84. The van der Waals surface area contributed by atoms with Crippen LogP contribution in [-0.4, -0.2) is 25.3 Å². The van der Waals surface area contributed by atoms with Crippen LogP contribution >= 0.6 is 0 Å². The van der Waals surface area contributed by atoms with Gasteiger partial charge >= 0.3 is 0 Å². The lowest BCUT2D eigenvalue weighted by Crippen LogP contribution is -2.35. The Morgan fingerprint density at radius 3 is 2.63 bits per heavy atom. The minimum atomic E-state index is 0.148. The Balaban J connectivity index is 1.98. The molecule has 0 spiro atoms. The van der Waals surface area contributed by atoms with Gasteiger partial charge in [-0.2, -0.15) is 0 Å². The molecule has 0 aromatic heterocycles. The van der Waals surface area contributed by atoms with E-state index in [-0.39, 0.29) is 5.54 Å². The summed E-state index contributed by atoms with van der Waals surface area (Å²) in [6.07, 6.45) is 5.17. The van der Waals surface area contributed by atoms with Crippen molar-refractivity contribution in [3.05, 3.63) is 29.8 Å². The summed E-state index contributed by atoms with van der Waals surface area (Å²) in [4.78, 5) is 0. The van der Waals surface area contributed by atoms with E-state index in [0.29, 0.717) is 0 Å². The van der Waals surface area contributed by atoms with Crippen LogP contribution in [0, 0.1) is 0 Å². The van der Waals surface area contributed by atoms with Crippen LogP contribution in [0.1, 0.15) is 32.8 Å². The van der Waals surface area contributed by atoms with Crippen molar-refractivity contribution in [1.29, 1.82) is 0 Å². The smallest absolute Gasteiger partial charge is 0.161 e. The zero-order chi connectivity index (χ0) is 13.7. The maximum Gasteiger partial charge on any atom is 0.161 e. The first kappa shape index (κ1) is 13.9. The maximum atomic E-state index is 5.68. The summed E-state index contributed by atoms with van der Waals surface area (Å²) in [5.41, 5.74) is 1.29. The van der Waals surface area contributed by atoms with Gasteiger partial charge in [0, 0.05) is 18.5 Å². The fraction of sp³-hybridized carbons (Fsp3) is 0.500. The third-order valence-corrected chi connectivity index (χ3v) is 2.83. The first-order chi connectivity index (χ1) is 9.04. The summed E-state index contributed by atoms with van der Waals surface area (Å²) in [6.45, 7) is 8.80. The standard InChI is InChI=1S/C16H23NO2/c1-16(2,3)17-9-4-6-13-7-8-14-15(12-13)19-11-5-10-18-14/h4,6-8,12,17H,5,9-11H2,1-3H3. The van der Waals surface area contributed by atoms with E-state index in [1.807, 2.05) is 12.1 Å². The van der Waals surface area contributed by atoms with Gasteiger partial charge in [0.15, 0.2) is 11.5 Å². The molecule has 1 aromatic carbocycles. The molecular weight excluding hydrogens is 238 g/mol. The highest BCUT2D eigenvalue weighted by atomic mass is 16.5. The predicted octanol–water partition coefficient (Wildman–Crippen LogP) is 3.25. The van der Waals surface area contributed by atoms with Crippen LogP contribution in [-0.2, 0) is 0 Å². The number of ether oxygens (including phenoxy) is 2. The Bertz CT molecular complexity index is 447. The monoisotopic (exact) mass is 261 g/mol. The van der Waals surface area contributed by atoms with Crippen molar-refractivity contribution < 1.29 is 9.47 Å². The molecule has 3 nitrogen and oxygen atoms in total. The van der Waals surface area contributed by atoms with E-state index >= 15 is 0 Å². The molecule has 1 aliphatic rings. The molecule has 3 heteroatoms. The summed E-state index contributed by atoms with van der Waals surface area (Å²) >= 11 is 0. The van der Waals surface area contributed by atoms with E-state index in [1.54, 1.807) is 0 Å². The lowest BCUT2D eigenvalue weighted by atomic mass is 10.1. The molecule has 1 aromatic rings. The Kier molecular flexibility index (Phi) is 4.48. The second-order valence-electron chi connectivity index (χ2n) is 5.79. The highest BCUT2D eigenvalue weighted by Gasteiger charge is 2.09. The number of nitrogens with one attached hydrogen (secondary N) is 1. The summed E-state index contributed by atoms with van der Waals surface area (Å²) in [5, 5.41) is 3.42. The van der Waals surface area contributed by atoms with Crippen LogP contribution in [0.15, 0.2) is 24.3 Å². The van der Waals surface area contributed by atoms with E-state index < -0.39 is 0 Å². The number of rotatable bonds is 3. The van der Waals surface area contributed by atoms with Crippen molar-refractivity contribution in [2.75, 3.05) is 19.8 Å². The van der Waals surface area contributed by atoms with Gasteiger partial charge in [-0.05, 0) is 38.5 Å². The molecule has 0 unspecified atom stereocenters.